The molecular formula is C77H107F2N9O25. The fourth-order valence-corrected chi connectivity index (χ4v) is 15.6. The number of Topliss-reactive ketones (excluding diaryl/α,β-unsaturated/α-hetero) is 1. The maximum Gasteiger partial charge on any atom is 0.411 e. The first-order valence-electron chi connectivity index (χ1n) is 38.1. The number of allylic oxidation sites excluding steroid dienone is 4. The maximum absolute atomic E-state index is 18.0. The highest BCUT2D eigenvalue weighted by Gasteiger charge is 2.80. The van der Waals surface area contributed by atoms with Crippen LogP contribution in [0.5, 0.6) is 5.75 Å². The zero-order valence-electron chi connectivity index (χ0n) is 64.0. The molecule has 0 bridgehead atoms. The standard InChI is InChI=1S/C77H107F2N9O25/c1-6-9-65-112-60-38-50-51-37-53(78)52-36-48(90)23-25-74(52,4)76(51,79)58(93)39-75(50,5)77(60,113-65)59(94)43-110-49-19-17-47(18-20-49)84-73(105)111-42-45-13-15-46(16-14-45)83-69(101)55(11-8-26-81-72(80)104)86-71(103)66(44(2)3)87-70(102)54(10-7-12-61(95)82-40-56(91)67(99)68(100)57(92)41-89)85-62(96)24-28-106-30-32-108-34-35-109-33-31-107-29-27-88-63(97)21-22-64(88)98/h13-23,25,36,44,50-51,53-58,60,65-68,89,91-93,99-100H,6-12,24,26-35,37-43H2,1-5H3,(H,82,95)(H,83,101)(H,84,105)(H,85,96)(H,86,103)(H,87,102)(H3,80,81,104)/t50-,51-,53-,54+,55-,56-,57+,58-,60+,65?,66-,67+,68+,74-,75-,76-,77+/m0/s1. The number of fused-ring (bicyclic) bond motifs is 7. The average Bonchev–Trinajstić information content (AvgIpc) is 1.55. The summed E-state index contributed by atoms with van der Waals surface area (Å²) in [5, 5.41) is 79.3. The number of ether oxygens (including phenoxy) is 8. The number of hydrogen-bond donors (Lipinski definition) is 14. The third-order valence-corrected chi connectivity index (χ3v) is 21.6. The van der Waals surface area contributed by atoms with Gasteiger partial charge in [-0.05, 0) is 130 Å². The molecule has 1 saturated heterocycles. The summed E-state index contributed by atoms with van der Waals surface area (Å²) in [6, 6.07) is 7.37. The summed E-state index contributed by atoms with van der Waals surface area (Å²) >= 11 is 0. The molecule has 2 aliphatic heterocycles. The number of urea groups is 1. The molecule has 2 aromatic rings. The SMILES string of the molecule is CCCC1O[C@@H]2C[C@H]3[C@@H]4C[C@H](F)C5=CC(=O)C=C[C@]5(C)[C@@]4(F)[C@@H](O)C[C@]3(C)[C@]2(C(=O)COc2ccc(NC(=O)OCc3ccc(NC(=O)[C@H](CCCNC(N)=O)NC(=O)[C@@H](NC(=O)[C@@H](CCCC(=O)NC[C@H](O)[C@@H](O)[C@H](O)[C@H](O)CO)NC(=O)CCOCCOCCOCCOCCN4C(=O)C=CC4=O)C(C)C)cc3)cc2)O1. The van der Waals surface area contributed by atoms with Gasteiger partial charge in [0.05, 0.1) is 84.3 Å². The Kier molecular flexibility index (Phi) is 33.0. The van der Waals surface area contributed by atoms with Gasteiger partial charge in [-0.2, -0.15) is 0 Å². The van der Waals surface area contributed by atoms with E-state index in [0.29, 0.717) is 24.1 Å². The van der Waals surface area contributed by atoms with Crippen molar-refractivity contribution < 1.29 is 130 Å². The number of benzene rings is 2. The number of nitrogens with zero attached hydrogens (tertiary/aromatic N) is 1. The summed E-state index contributed by atoms with van der Waals surface area (Å²) in [6.07, 6.45) is -7.20. The van der Waals surface area contributed by atoms with Crippen LogP contribution < -0.4 is 47.7 Å². The lowest BCUT2D eigenvalue weighted by atomic mass is 9.44. The number of halogens is 2. The van der Waals surface area contributed by atoms with Gasteiger partial charge in [-0.1, -0.05) is 52.3 Å². The highest BCUT2D eigenvalue weighted by molar-refractivity contribution is 6.13. The molecule has 10 amide bonds. The van der Waals surface area contributed by atoms with Crippen molar-refractivity contribution in [2.24, 2.45) is 34.3 Å². The van der Waals surface area contributed by atoms with E-state index in [-0.39, 0.29) is 147 Å². The zero-order valence-corrected chi connectivity index (χ0v) is 64.0. The van der Waals surface area contributed by atoms with Crippen molar-refractivity contribution >= 4 is 76.4 Å². The van der Waals surface area contributed by atoms with Crippen molar-refractivity contribution in [2.75, 3.05) is 96.3 Å². The number of carbonyl (C=O) groups is 11. The third-order valence-electron chi connectivity index (χ3n) is 21.6. The van der Waals surface area contributed by atoms with E-state index in [2.05, 4.69) is 37.2 Å². The average molecular weight is 1600 g/mol. The summed E-state index contributed by atoms with van der Waals surface area (Å²) in [4.78, 5) is 145. The first-order chi connectivity index (χ1) is 53.8. The predicted octanol–water partition coefficient (Wildman–Crippen LogP) is 1.19. The van der Waals surface area contributed by atoms with Gasteiger partial charge >= 0.3 is 12.1 Å². The number of nitrogens with two attached hydrogens (primary N) is 1. The smallest absolute Gasteiger partial charge is 0.411 e. The molecule has 4 fully saturated rings. The van der Waals surface area contributed by atoms with E-state index in [1.807, 2.05) is 6.92 Å². The van der Waals surface area contributed by atoms with E-state index in [1.54, 1.807) is 32.9 Å². The number of nitrogens with one attached hydrogen (secondary N) is 7. The van der Waals surface area contributed by atoms with Crippen LogP contribution in [-0.4, -0.2) is 265 Å². The van der Waals surface area contributed by atoms with Gasteiger partial charge in [0.15, 0.2) is 23.3 Å². The maximum atomic E-state index is 18.0. The van der Waals surface area contributed by atoms with Crippen LogP contribution in [0.25, 0.3) is 0 Å². The lowest BCUT2D eigenvalue weighted by Crippen LogP contribution is -2.71. The molecule has 3 saturated carbocycles. The molecule has 8 rings (SSSR count). The highest BCUT2D eigenvalue weighted by atomic mass is 19.1. The second-order valence-electron chi connectivity index (χ2n) is 29.6. The molecule has 624 valence electrons. The number of carbonyl (C=O) groups excluding carboxylic acids is 11. The summed E-state index contributed by atoms with van der Waals surface area (Å²) in [7, 11) is 0. The lowest BCUT2D eigenvalue weighted by molar-refractivity contribution is -0.234. The molecule has 0 spiro atoms. The van der Waals surface area contributed by atoms with Crippen molar-refractivity contribution in [3.05, 3.63) is 90.0 Å². The van der Waals surface area contributed by atoms with Crippen molar-refractivity contribution in [1.29, 1.82) is 0 Å². The van der Waals surface area contributed by atoms with E-state index in [9.17, 15) is 78.3 Å². The van der Waals surface area contributed by atoms with E-state index < -0.39 is 192 Å². The Bertz CT molecular complexity index is 3730. The minimum Gasteiger partial charge on any atom is -0.486 e. The van der Waals surface area contributed by atoms with Crippen LogP contribution in [0, 0.1) is 28.6 Å². The van der Waals surface area contributed by atoms with E-state index in [1.165, 1.54) is 67.6 Å². The first kappa shape index (κ1) is 89.8. The summed E-state index contributed by atoms with van der Waals surface area (Å²) in [5.74, 6) is -7.63. The van der Waals surface area contributed by atoms with Crippen LogP contribution >= 0.6 is 0 Å². The van der Waals surface area contributed by atoms with Crippen LogP contribution in [-0.2, 0) is 82.9 Å². The molecule has 2 heterocycles. The van der Waals surface area contributed by atoms with Gasteiger partial charge in [0.1, 0.15) is 61.6 Å². The Morgan fingerprint density at radius 1 is 0.708 bits per heavy atom. The number of alkyl halides is 2. The van der Waals surface area contributed by atoms with Crippen molar-refractivity contribution in [3.8, 4) is 5.75 Å². The summed E-state index contributed by atoms with van der Waals surface area (Å²) < 4.78 is 80.7. The second kappa shape index (κ2) is 41.5. The highest BCUT2D eigenvalue weighted by Crippen LogP contribution is 2.72. The zero-order chi connectivity index (χ0) is 82.4. The number of imide groups is 1. The molecule has 17 atom stereocenters. The van der Waals surface area contributed by atoms with Crippen LogP contribution in [0.1, 0.15) is 111 Å². The minimum atomic E-state index is -2.38. The van der Waals surface area contributed by atoms with Crippen LogP contribution in [0.2, 0.25) is 0 Å². The Hall–Kier alpha value is -8.79. The molecule has 0 aromatic heterocycles. The molecule has 4 aliphatic carbocycles. The Morgan fingerprint density at radius 3 is 1.96 bits per heavy atom. The fraction of sp³-hybridized carbons (Fsp3) is 0.623. The van der Waals surface area contributed by atoms with Gasteiger partial charge in [0.2, 0.25) is 35.3 Å². The van der Waals surface area contributed by atoms with E-state index >= 15 is 8.78 Å². The molecular weight excluding hydrogens is 1490 g/mol. The number of rotatable bonds is 46. The van der Waals surface area contributed by atoms with Crippen molar-refractivity contribution in [1.82, 2.24) is 31.5 Å². The number of amides is 10. The quantitative estimate of drug-likeness (QED) is 0.0327. The number of aliphatic hydroxyl groups is 6. The molecule has 0 radical (unpaired) electrons. The molecule has 36 heteroatoms. The number of primary amides is 1. The normalized spacial score (nSPS) is 25.9. The summed E-state index contributed by atoms with van der Waals surface area (Å²) in [6.45, 7) is 7.42. The van der Waals surface area contributed by atoms with Crippen LogP contribution in [0.4, 0.5) is 29.7 Å². The Labute approximate surface area is 652 Å². The predicted molar refractivity (Wildman–Crippen MR) is 396 cm³/mol. The summed E-state index contributed by atoms with van der Waals surface area (Å²) in [5.41, 5.74) is -0.626. The van der Waals surface area contributed by atoms with E-state index in [4.69, 9.17) is 48.7 Å². The minimum absolute atomic E-state index is 0.0103. The van der Waals surface area contributed by atoms with Gasteiger partial charge in [-0.3, -0.25) is 53.4 Å². The third kappa shape index (κ3) is 22.6. The van der Waals surface area contributed by atoms with Crippen molar-refractivity contribution in [2.45, 2.75) is 190 Å². The molecule has 1 unspecified atom stereocenters. The molecule has 15 N–H and O–H groups in total. The van der Waals surface area contributed by atoms with Gasteiger partial charge in [0.25, 0.3) is 11.8 Å². The Balaban J connectivity index is 0.810. The van der Waals surface area contributed by atoms with Gasteiger partial charge in [-0.25, -0.2) is 18.4 Å². The molecule has 6 aliphatic rings. The second-order valence-corrected chi connectivity index (χ2v) is 29.6. The number of anilines is 2. The van der Waals surface area contributed by atoms with E-state index in [0.717, 1.165) is 11.0 Å². The van der Waals surface area contributed by atoms with Crippen LogP contribution in [0.3, 0.4) is 0 Å². The molecule has 113 heavy (non-hydrogen) atoms. The number of hydrogen-bond acceptors (Lipinski definition) is 25. The number of aliphatic hydroxyl groups excluding tert-OH is 6. The number of ketones is 2. The van der Waals surface area contributed by atoms with Gasteiger partial charge in [0, 0.05) is 66.2 Å². The fourth-order valence-electron chi connectivity index (χ4n) is 15.6. The molecule has 34 nitrogen and oxygen atoms in total. The van der Waals surface area contributed by atoms with Crippen molar-refractivity contribution in [3.63, 3.8) is 0 Å². The monoisotopic (exact) mass is 1600 g/mol. The topological polar surface area (TPSA) is 496 Å². The lowest BCUT2D eigenvalue weighted by Gasteiger charge is -2.63. The molecule has 2 aromatic carbocycles. The Morgan fingerprint density at radius 2 is 1.32 bits per heavy atom. The van der Waals surface area contributed by atoms with Crippen LogP contribution in [0.15, 0.2) is 84.5 Å². The largest absolute Gasteiger partial charge is 0.486 e. The van der Waals surface area contributed by atoms with Gasteiger partial charge in [-0.15, -0.1) is 0 Å². The van der Waals surface area contributed by atoms with Gasteiger partial charge < -0.3 is 106 Å². The first-order valence-corrected chi connectivity index (χ1v) is 38.1.